The van der Waals surface area contributed by atoms with Gasteiger partial charge >= 0.3 is 0 Å². The molecule has 1 N–H and O–H groups in total. The lowest BCUT2D eigenvalue weighted by atomic mass is 10.2. The Balaban J connectivity index is 2.01. The second kappa shape index (κ2) is 10.3. The molecule has 0 aliphatic rings. The molecule has 2 aromatic rings. The first kappa shape index (κ1) is 23.5. The second-order valence-corrected chi connectivity index (χ2v) is 8.42. The molecule has 0 fully saturated rings. The van der Waals surface area contributed by atoms with Crippen molar-refractivity contribution >= 4 is 33.7 Å². The summed E-state index contributed by atoms with van der Waals surface area (Å²) in [7, 11) is 1.81. The van der Waals surface area contributed by atoms with Crippen LogP contribution in [-0.2, 0) is 14.8 Å². The zero-order chi connectivity index (χ0) is 22.3. The van der Waals surface area contributed by atoms with Crippen LogP contribution in [0, 0.1) is 0 Å². The van der Waals surface area contributed by atoms with E-state index in [2.05, 4.69) is 10.5 Å². The van der Waals surface area contributed by atoms with E-state index in [0.717, 1.165) is 4.31 Å². The van der Waals surface area contributed by atoms with Crippen molar-refractivity contribution in [3.63, 3.8) is 0 Å². The summed E-state index contributed by atoms with van der Waals surface area (Å²) in [5.74, 6) is 0.804. The molecular formula is C19H22ClN3O6S. The SMILES string of the molecule is COc1ccc(S(=O)(=O)N(C)CC(=O)N/N=C/c2ccc(OC)c(OC)c2)cc1Cl. The van der Waals surface area contributed by atoms with E-state index in [-0.39, 0.29) is 9.92 Å². The van der Waals surface area contributed by atoms with Gasteiger partial charge in [-0.2, -0.15) is 9.41 Å². The normalized spacial score (nSPS) is 11.5. The van der Waals surface area contributed by atoms with Crippen molar-refractivity contribution in [1.29, 1.82) is 0 Å². The summed E-state index contributed by atoms with van der Waals surface area (Å²) in [6, 6.07) is 9.15. The van der Waals surface area contributed by atoms with Crippen molar-refractivity contribution in [3.05, 3.63) is 47.0 Å². The fourth-order valence-electron chi connectivity index (χ4n) is 2.42. The predicted octanol–water partition coefficient (Wildman–Crippen LogP) is 2.14. The summed E-state index contributed by atoms with van der Waals surface area (Å²) >= 11 is 5.99. The van der Waals surface area contributed by atoms with E-state index in [4.69, 9.17) is 25.8 Å². The average Bonchev–Trinajstić information content (AvgIpc) is 2.73. The molecule has 2 rings (SSSR count). The van der Waals surface area contributed by atoms with Crippen LogP contribution in [0.4, 0.5) is 0 Å². The number of sulfonamides is 1. The van der Waals surface area contributed by atoms with E-state index >= 15 is 0 Å². The number of methoxy groups -OCH3 is 3. The van der Waals surface area contributed by atoms with Crippen LogP contribution >= 0.6 is 11.6 Å². The number of nitrogens with one attached hydrogen (secondary N) is 1. The highest BCUT2D eigenvalue weighted by molar-refractivity contribution is 7.89. The molecule has 0 spiro atoms. The van der Waals surface area contributed by atoms with Crippen LogP contribution in [0.25, 0.3) is 0 Å². The summed E-state index contributed by atoms with van der Waals surface area (Å²) in [6.07, 6.45) is 1.40. The zero-order valence-electron chi connectivity index (χ0n) is 16.9. The number of hydrazone groups is 1. The zero-order valence-corrected chi connectivity index (χ0v) is 18.5. The van der Waals surface area contributed by atoms with E-state index in [1.54, 1.807) is 18.2 Å². The van der Waals surface area contributed by atoms with Crippen LogP contribution in [0.1, 0.15) is 5.56 Å². The lowest BCUT2D eigenvalue weighted by Gasteiger charge is -2.16. The Bertz CT molecular complexity index is 1040. The van der Waals surface area contributed by atoms with E-state index in [1.165, 1.54) is 52.8 Å². The Hall–Kier alpha value is -2.82. The highest BCUT2D eigenvalue weighted by atomic mass is 35.5. The van der Waals surface area contributed by atoms with E-state index in [1.807, 2.05) is 0 Å². The molecule has 2 aromatic carbocycles. The maximum atomic E-state index is 12.6. The third-order valence-electron chi connectivity index (χ3n) is 4.01. The van der Waals surface area contributed by atoms with Crippen LogP contribution in [0.15, 0.2) is 46.4 Å². The van der Waals surface area contributed by atoms with Gasteiger partial charge in [-0.05, 0) is 42.0 Å². The summed E-state index contributed by atoms with van der Waals surface area (Å²) in [6.45, 7) is -0.435. The molecule has 0 aliphatic heterocycles. The topological polar surface area (TPSA) is 107 Å². The number of carbonyl (C=O) groups is 1. The Morgan fingerprint density at radius 3 is 2.30 bits per heavy atom. The number of carbonyl (C=O) groups excluding carboxylic acids is 1. The van der Waals surface area contributed by atoms with Gasteiger partial charge in [0.25, 0.3) is 5.91 Å². The first-order chi connectivity index (χ1) is 14.2. The number of likely N-dealkylation sites (N-methyl/N-ethyl adjacent to an activating group) is 1. The third kappa shape index (κ3) is 5.62. The Morgan fingerprint density at radius 2 is 1.70 bits per heavy atom. The average molecular weight is 456 g/mol. The van der Waals surface area contributed by atoms with Crippen LogP contribution in [-0.4, -0.2) is 59.8 Å². The summed E-state index contributed by atoms with van der Waals surface area (Å²) in [4.78, 5) is 12.0. The predicted molar refractivity (Wildman–Crippen MR) is 113 cm³/mol. The Morgan fingerprint density at radius 1 is 1.07 bits per heavy atom. The molecule has 0 saturated heterocycles. The van der Waals surface area contributed by atoms with Crippen LogP contribution in [0.2, 0.25) is 5.02 Å². The smallest absolute Gasteiger partial charge is 0.255 e. The molecule has 0 aliphatic carbocycles. The van der Waals surface area contributed by atoms with Gasteiger partial charge < -0.3 is 14.2 Å². The van der Waals surface area contributed by atoms with E-state index in [0.29, 0.717) is 22.8 Å². The Kier molecular flexibility index (Phi) is 8.04. The number of benzene rings is 2. The fraction of sp³-hybridized carbons (Fsp3) is 0.263. The monoisotopic (exact) mass is 455 g/mol. The molecule has 9 nitrogen and oxygen atoms in total. The largest absolute Gasteiger partial charge is 0.495 e. The number of halogens is 1. The van der Waals surface area contributed by atoms with Gasteiger partial charge in [-0.3, -0.25) is 4.79 Å². The first-order valence-corrected chi connectivity index (χ1v) is 10.4. The molecular weight excluding hydrogens is 434 g/mol. The maximum absolute atomic E-state index is 12.6. The van der Waals surface area contributed by atoms with Crippen LogP contribution in [0.3, 0.4) is 0 Å². The highest BCUT2D eigenvalue weighted by Gasteiger charge is 2.23. The third-order valence-corrected chi connectivity index (χ3v) is 6.10. The number of hydrogen-bond donors (Lipinski definition) is 1. The van der Waals surface area contributed by atoms with Gasteiger partial charge in [0.1, 0.15) is 5.75 Å². The van der Waals surface area contributed by atoms with Gasteiger partial charge in [-0.15, -0.1) is 0 Å². The van der Waals surface area contributed by atoms with Crippen molar-refractivity contribution < 1.29 is 27.4 Å². The molecule has 0 radical (unpaired) electrons. The fourth-order valence-corrected chi connectivity index (χ4v) is 3.90. The van der Waals surface area contributed by atoms with Crippen LogP contribution in [0.5, 0.6) is 17.2 Å². The van der Waals surface area contributed by atoms with Crippen molar-refractivity contribution in [2.24, 2.45) is 5.10 Å². The summed E-state index contributed by atoms with van der Waals surface area (Å²) < 4.78 is 41.5. The molecule has 0 aromatic heterocycles. The number of nitrogens with zero attached hydrogens (tertiary/aromatic N) is 2. The van der Waals surface area contributed by atoms with Crippen molar-refractivity contribution in [2.45, 2.75) is 4.90 Å². The number of hydrogen-bond acceptors (Lipinski definition) is 7. The summed E-state index contributed by atoms with van der Waals surface area (Å²) in [5.41, 5.74) is 2.94. The highest BCUT2D eigenvalue weighted by Crippen LogP contribution is 2.28. The summed E-state index contributed by atoms with van der Waals surface area (Å²) in [5, 5.41) is 3.99. The first-order valence-electron chi connectivity index (χ1n) is 8.56. The quantitative estimate of drug-likeness (QED) is 0.458. The maximum Gasteiger partial charge on any atom is 0.255 e. The van der Waals surface area contributed by atoms with Crippen molar-refractivity contribution in [1.82, 2.24) is 9.73 Å². The molecule has 0 bridgehead atoms. The van der Waals surface area contributed by atoms with Gasteiger partial charge in [-0.25, -0.2) is 13.8 Å². The minimum Gasteiger partial charge on any atom is -0.495 e. The standard InChI is InChI=1S/C19H22ClN3O6S/c1-23(30(25,26)14-6-8-16(27-2)15(20)10-14)12-19(24)22-21-11-13-5-7-17(28-3)18(9-13)29-4/h5-11H,12H2,1-4H3,(H,22,24)/b21-11+. The minimum atomic E-state index is -3.93. The lowest BCUT2D eigenvalue weighted by molar-refractivity contribution is -0.121. The second-order valence-electron chi connectivity index (χ2n) is 5.97. The molecule has 0 saturated carbocycles. The van der Waals surface area contributed by atoms with Gasteiger partial charge in [0.2, 0.25) is 10.0 Å². The number of rotatable bonds is 9. The van der Waals surface area contributed by atoms with Crippen molar-refractivity contribution in [2.75, 3.05) is 34.9 Å². The number of ether oxygens (including phenoxy) is 3. The molecule has 0 heterocycles. The Labute approximate surface area is 180 Å². The molecule has 11 heteroatoms. The van der Waals surface area contributed by atoms with Gasteiger partial charge in [0.05, 0.1) is 44.0 Å². The van der Waals surface area contributed by atoms with E-state index < -0.39 is 22.5 Å². The molecule has 0 unspecified atom stereocenters. The molecule has 0 atom stereocenters. The molecule has 162 valence electrons. The van der Waals surface area contributed by atoms with Gasteiger partial charge in [-0.1, -0.05) is 11.6 Å². The van der Waals surface area contributed by atoms with Crippen LogP contribution < -0.4 is 19.6 Å². The molecule has 30 heavy (non-hydrogen) atoms. The van der Waals surface area contributed by atoms with Crippen molar-refractivity contribution in [3.8, 4) is 17.2 Å². The lowest BCUT2D eigenvalue weighted by Crippen LogP contribution is -2.36. The number of amides is 1. The minimum absolute atomic E-state index is 0.0579. The van der Waals surface area contributed by atoms with Gasteiger partial charge in [0, 0.05) is 7.05 Å². The van der Waals surface area contributed by atoms with E-state index in [9.17, 15) is 13.2 Å². The molecule has 1 amide bonds. The van der Waals surface area contributed by atoms with Gasteiger partial charge in [0.15, 0.2) is 11.5 Å².